The minimum atomic E-state index is 0.573. The molecule has 0 atom stereocenters. The molecule has 0 radical (unpaired) electrons. The molecule has 0 aromatic carbocycles. The van der Waals surface area contributed by atoms with E-state index in [9.17, 15) is 0 Å². The number of pyridine rings is 1. The van der Waals surface area contributed by atoms with Gasteiger partial charge in [-0.15, -0.1) is 4.80 Å². The van der Waals surface area contributed by atoms with Crippen LogP contribution < -0.4 is 0 Å². The van der Waals surface area contributed by atoms with Crippen molar-refractivity contribution in [2.45, 2.75) is 20.8 Å². The lowest BCUT2D eigenvalue weighted by molar-refractivity contribution is 0.718. The van der Waals surface area contributed by atoms with E-state index < -0.39 is 0 Å². The molecule has 0 N–H and O–H groups in total. The molecule has 0 saturated carbocycles. The summed E-state index contributed by atoms with van der Waals surface area (Å²) in [6.07, 6.45) is 1.54. The van der Waals surface area contributed by atoms with Crippen molar-refractivity contribution in [1.82, 2.24) is 20.0 Å². The fourth-order valence-electron chi connectivity index (χ4n) is 1.32. The predicted molar refractivity (Wildman–Crippen MR) is 58.1 cm³/mol. The third-order valence-electron chi connectivity index (χ3n) is 2.43. The Morgan fingerprint density at radius 2 is 1.81 bits per heavy atom. The van der Waals surface area contributed by atoms with Crippen molar-refractivity contribution < 1.29 is 0 Å². The minimum absolute atomic E-state index is 0.573. The Morgan fingerprint density at radius 3 is 2.31 bits per heavy atom. The van der Waals surface area contributed by atoms with Gasteiger partial charge in [-0.25, -0.2) is 4.98 Å². The van der Waals surface area contributed by atoms with Gasteiger partial charge < -0.3 is 0 Å². The number of nitriles is 1. The summed E-state index contributed by atoms with van der Waals surface area (Å²) in [5, 5.41) is 17.3. The molecule has 0 aliphatic rings. The molecule has 2 heterocycles. The molecule has 0 amide bonds. The van der Waals surface area contributed by atoms with Crippen LogP contribution >= 0.6 is 0 Å². The van der Waals surface area contributed by atoms with E-state index in [2.05, 4.69) is 21.3 Å². The van der Waals surface area contributed by atoms with Crippen LogP contribution in [0.5, 0.6) is 0 Å². The van der Waals surface area contributed by atoms with Crippen LogP contribution in [0.4, 0.5) is 0 Å². The SMILES string of the molecule is Cc1cc(-n2nc(C)c(C)n2)ncc1C#N. The van der Waals surface area contributed by atoms with E-state index >= 15 is 0 Å². The van der Waals surface area contributed by atoms with Crippen LogP contribution in [0.25, 0.3) is 5.82 Å². The summed E-state index contributed by atoms with van der Waals surface area (Å²) >= 11 is 0. The van der Waals surface area contributed by atoms with Gasteiger partial charge >= 0.3 is 0 Å². The molecule has 2 rings (SSSR count). The van der Waals surface area contributed by atoms with Gasteiger partial charge in [0.15, 0.2) is 5.82 Å². The lowest BCUT2D eigenvalue weighted by Crippen LogP contribution is -2.03. The van der Waals surface area contributed by atoms with E-state index in [4.69, 9.17) is 5.26 Å². The van der Waals surface area contributed by atoms with Crippen LogP contribution in [-0.2, 0) is 0 Å². The van der Waals surface area contributed by atoms with Crippen LogP contribution in [-0.4, -0.2) is 20.0 Å². The van der Waals surface area contributed by atoms with Gasteiger partial charge in [-0.3, -0.25) is 0 Å². The summed E-state index contributed by atoms with van der Waals surface area (Å²) in [7, 11) is 0. The Hall–Kier alpha value is -2.22. The fraction of sp³-hybridized carbons (Fsp3) is 0.273. The van der Waals surface area contributed by atoms with Crippen molar-refractivity contribution in [1.29, 1.82) is 5.26 Å². The zero-order valence-electron chi connectivity index (χ0n) is 9.39. The molecule has 2 aromatic heterocycles. The molecule has 16 heavy (non-hydrogen) atoms. The predicted octanol–water partition coefficient (Wildman–Crippen LogP) is 1.46. The molecule has 0 unspecified atom stereocenters. The molecule has 2 aromatic rings. The van der Waals surface area contributed by atoms with E-state index in [-0.39, 0.29) is 0 Å². The maximum absolute atomic E-state index is 8.80. The van der Waals surface area contributed by atoms with Gasteiger partial charge in [0.1, 0.15) is 6.07 Å². The van der Waals surface area contributed by atoms with Gasteiger partial charge in [0.25, 0.3) is 0 Å². The molecule has 0 spiro atoms. The Morgan fingerprint density at radius 1 is 1.19 bits per heavy atom. The van der Waals surface area contributed by atoms with Crippen molar-refractivity contribution in [3.8, 4) is 11.9 Å². The highest BCUT2D eigenvalue weighted by atomic mass is 15.5. The van der Waals surface area contributed by atoms with E-state index in [1.807, 2.05) is 20.8 Å². The first-order valence-corrected chi connectivity index (χ1v) is 4.89. The maximum Gasteiger partial charge on any atom is 0.174 e. The molecule has 5 nitrogen and oxygen atoms in total. The maximum atomic E-state index is 8.80. The van der Waals surface area contributed by atoms with Crippen molar-refractivity contribution in [2.75, 3.05) is 0 Å². The first kappa shape index (κ1) is 10.3. The average Bonchev–Trinajstić information content (AvgIpc) is 2.59. The van der Waals surface area contributed by atoms with Gasteiger partial charge in [-0.05, 0) is 32.4 Å². The molecule has 0 aliphatic carbocycles. The Bertz CT molecular complexity index is 557. The van der Waals surface area contributed by atoms with Crippen molar-refractivity contribution in [3.63, 3.8) is 0 Å². The largest absolute Gasteiger partial charge is 0.234 e. The zero-order valence-corrected chi connectivity index (χ0v) is 9.39. The van der Waals surface area contributed by atoms with E-state index in [1.54, 1.807) is 12.3 Å². The summed E-state index contributed by atoms with van der Waals surface area (Å²) in [6, 6.07) is 3.88. The van der Waals surface area contributed by atoms with Crippen molar-refractivity contribution >= 4 is 0 Å². The van der Waals surface area contributed by atoms with Crippen molar-refractivity contribution in [2.24, 2.45) is 0 Å². The molecule has 0 aliphatic heterocycles. The monoisotopic (exact) mass is 213 g/mol. The number of hydrogen-bond acceptors (Lipinski definition) is 4. The summed E-state index contributed by atoms with van der Waals surface area (Å²) in [5.41, 5.74) is 3.21. The topological polar surface area (TPSA) is 67.4 Å². The highest BCUT2D eigenvalue weighted by Gasteiger charge is 2.07. The standard InChI is InChI=1S/C11H11N5/c1-7-4-11(13-6-10(7)5-12)16-14-8(2)9(3)15-16/h4,6H,1-3H3. The summed E-state index contributed by atoms with van der Waals surface area (Å²) < 4.78 is 0. The minimum Gasteiger partial charge on any atom is -0.234 e. The van der Waals surface area contributed by atoms with Gasteiger partial charge in [0, 0.05) is 6.20 Å². The van der Waals surface area contributed by atoms with Gasteiger partial charge in [0.2, 0.25) is 0 Å². The Labute approximate surface area is 93.4 Å². The first-order valence-electron chi connectivity index (χ1n) is 4.89. The summed E-state index contributed by atoms with van der Waals surface area (Å²) in [6.45, 7) is 5.66. The van der Waals surface area contributed by atoms with Crippen LogP contribution in [0.3, 0.4) is 0 Å². The normalized spacial score (nSPS) is 10.1. The van der Waals surface area contributed by atoms with E-state index in [1.165, 1.54) is 4.80 Å². The van der Waals surface area contributed by atoms with E-state index in [0.717, 1.165) is 17.0 Å². The van der Waals surface area contributed by atoms with Crippen LogP contribution in [0.1, 0.15) is 22.5 Å². The molecule has 0 saturated heterocycles. The lowest BCUT2D eigenvalue weighted by Gasteiger charge is -2.00. The van der Waals surface area contributed by atoms with Gasteiger partial charge in [-0.1, -0.05) is 0 Å². The number of rotatable bonds is 1. The second-order valence-corrected chi connectivity index (χ2v) is 3.63. The van der Waals surface area contributed by atoms with Crippen molar-refractivity contribution in [3.05, 3.63) is 34.8 Å². The molecule has 0 fully saturated rings. The Kier molecular flexibility index (Phi) is 2.41. The fourth-order valence-corrected chi connectivity index (χ4v) is 1.32. The highest BCUT2D eigenvalue weighted by Crippen LogP contribution is 2.10. The summed E-state index contributed by atoms with van der Waals surface area (Å²) in [4.78, 5) is 5.64. The summed E-state index contributed by atoms with van der Waals surface area (Å²) in [5.74, 6) is 0.632. The van der Waals surface area contributed by atoms with Crippen LogP contribution in [0, 0.1) is 32.1 Å². The number of aromatic nitrogens is 4. The second kappa shape index (κ2) is 3.74. The lowest BCUT2D eigenvalue weighted by atomic mass is 10.2. The second-order valence-electron chi connectivity index (χ2n) is 3.63. The molecular weight excluding hydrogens is 202 g/mol. The Balaban J connectivity index is 2.50. The zero-order chi connectivity index (χ0) is 11.7. The van der Waals surface area contributed by atoms with Crippen LogP contribution in [0.2, 0.25) is 0 Å². The average molecular weight is 213 g/mol. The smallest absolute Gasteiger partial charge is 0.174 e. The number of nitrogens with zero attached hydrogens (tertiary/aromatic N) is 5. The molecule has 5 heteroatoms. The van der Waals surface area contributed by atoms with Gasteiger partial charge in [-0.2, -0.15) is 15.5 Å². The van der Waals surface area contributed by atoms with Crippen LogP contribution in [0.15, 0.2) is 12.3 Å². The molecule has 80 valence electrons. The number of aryl methyl sites for hydroxylation is 3. The molecule has 0 bridgehead atoms. The first-order chi connectivity index (χ1) is 7.61. The third kappa shape index (κ3) is 1.65. The third-order valence-corrected chi connectivity index (χ3v) is 2.43. The molecular formula is C11H11N5. The van der Waals surface area contributed by atoms with Gasteiger partial charge in [0.05, 0.1) is 17.0 Å². The highest BCUT2D eigenvalue weighted by molar-refractivity contribution is 5.39. The quantitative estimate of drug-likeness (QED) is 0.719. The van der Waals surface area contributed by atoms with E-state index in [0.29, 0.717) is 11.4 Å². The number of hydrogen-bond donors (Lipinski definition) is 0.